The molecule has 0 aromatic heterocycles. The molecule has 0 atom stereocenters. The molecule has 0 heterocycles. The smallest absolute Gasteiger partial charge is 0.337 e. The average Bonchev–Trinajstić information content (AvgIpc) is 2.58. The van der Waals surface area contributed by atoms with Crippen LogP contribution in [0.4, 0.5) is 5.69 Å². The number of aryl methyl sites for hydroxylation is 2. The minimum atomic E-state index is -0.495. The molecule has 1 N–H and O–H groups in total. The van der Waals surface area contributed by atoms with Crippen LogP contribution >= 0.6 is 11.6 Å². The molecular formula is C19H20ClNO4. The van der Waals surface area contributed by atoms with Crippen LogP contribution in [-0.2, 0) is 9.53 Å². The van der Waals surface area contributed by atoms with Gasteiger partial charge in [0.15, 0.2) is 0 Å². The fourth-order valence-corrected chi connectivity index (χ4v) is 2.46. The lowest BCUT2D eigenvalue weighted by Gasteiger charge is -2.11. The number of ether oxygens (including phenoxy) is 2. The Morgan fingerprint density at radius 3 is 2.56 bits per heavy atom. The van der Waals surface area contributed by atoms with E-state index in [-0.39, 0.29) is 18.9 Å². The zero-order valence-electron chi connectivity index (χ0n) is 14.4. The average molecular weight is 362 g/mol. The second kappa shape index (κ2) is 8.53. The van der Waals surface area contributed by atoms with Crippen LogP contribution in [0.5, 0.6) is 5.75 Å². The summed E-state index contributed by atoms with van der Waals surface area (Å²) in [5, 5.41) is 3.02. The molecule has 0 aliphatic heterocycles. The Bertz CT molecular complexity index is 789. The lowest BCUT2D eigenvalue weighted by atomic mass is 10.1. The standard InChI is InChI=1S/C19H20ClNO4/c1-12-4-7-17(13(2)10-12)25-9-8-18(22)21-16-11-14(19(23)24-3)5-6-15(16)20/h4-7,10-11H,8-9H2,1-3H3,(H,21,22). The third-order valence-corrected chi connectivity index (χ3v) is 3.91. The second-order valence-electron chi connectivity index (χ2n) is 5.60. The van der Waals surface area contributed by atoms with Gasteiger partial charge in [-0.05, 0) is 43.7 Å². The molecule has 6 heteroatoms. The maximum atomic E-state index is 12.1. The van der Waals surface area contributed by atoms with Crippen molar-refractivity contribution in [1.82, 2.24) is 0 Å². The molecule has 0 bridgehead atoms. The predicted molar refractivity (Wildman–Crippen MR) is 97.4 cm³/mol. The van der Waals surface area contributed by atoms with Gasteiger partial charge in [0.25, 0.3) is 0 Å². The van der Waals surface area contributed by atoms with Crippen LogP contribution < -0.4 is 10.1 Å². The number of rotatable bonds is 6. The number of anilines is 1. The van der Waals surface area contributed by atoms with Crippen LogP contribution in [0.2, 0.25) is 5.02 Å². The van der Waals surface area contributed by atoms with Gasteiger partial charge in [-0.1, -0.05) is 29.3 Å². The number of carbonyl (C=O) groups is 2. The van der Waals surface area contributed by atoms with Gasteiger partial charge >= 0.3 is 5.97 Å². The summed E-state index contributed by atoms with van der Waals surface area (Å²) in [6.45, 7) is 4.21. The third kappa shape index (κ3) is 5.22. The van der Waals surface area contributed by atoms with E-state index < -0.39 is 5.97 Å². The van der Waals surface area contributed by atoms with E-state index in [9.17, 15) is 9.59 Å². The fraction of sp³-hybridized carbons (Fsp3) is 0.263. The highest BCUT2D eigenvalue weighted by molar-refractivity contribution is 6.33. The van der Waals surface area contributed by atoms with Crippen molar-refractivity contribution in [2.24, 2.45) is 0 Å². The van der Waals surface area contributed by atoms with E-state index in [0.717, 1.165) is 16.9 Å². The molecule has 0 fully saturated rings. The van der Waals surface area contributed by atoms with Gasteiger partial charge in [0.05, 0.1) is 36.4 Å². The topological polar surface area (TPSA) is 64.6 Å². The Balaban J connectivity index is 1.93. The summed E-state index contributed by atoms with van der Waals surface area (Å²) in [7, 11) is 1.29. The first kappa shape index (κ1) is 18.8. The first-order chi connectivity index (χ1) is 11.9. The van der Waals surface area contributed by atoms with Crippen molar-refractivity contribution < 1.29 is 19.1 Å². The van der Waals surface area contributed by atoms with Gasteiger partial charge in [0.2, 0.25) is 5.91 Å². The normalized spacial score (nSPS) is 10.2. The van der Waals surface area contributed by atoms with E-state index in [0.29, 0.717) is 16.3 Å². The quantitative estimate of drug-likeness (QED) is 0.785. The Labute approximate surface area is 151 Å². The zero-order chi connectivity index (χ0) is 18.4. The van der Waals surface area contributed by atoms with Gasteiger partial charge in [0.1, 0.15) is 5.75 Å². The van der Waals surface area contributed by atoms with E-state index in [4.69, 9.17) is 16.3 Å². The highest BCUT2D eigenvalue weighted by Gasteiger charge is 2.11. The van der Waals surface area contributed by atoms with Gasteiger partial charge in [-0.3, -0.25) is 4.79 Å². The van der Waals surface area contributed by atoms with E-state index in [1.54, 1.807) is 0 Å². The molecule has 0 saturated carbocycles. The Kier molecular flexibility index (Phi) is 6.42. The van der Waals surface area contributed by atoms with E-state index in [1.165, 1.54) is 25.3 Å². The number of halogens is 1. The number of nitrogens with one attached hydrogen (secondary N) is 1. The highest BCUT2D eigenvalue weighted by Crippen LogP contribution is 2.24. The van der Waals surface area contributed by atoms with Gasteiger partial charge in [0, 0.05) is 0 Å². The molecule has 132 valence electrons. The molecule has 1 amide bonds. The van der Waals surface area contributed by atoms with Crippen LogP contribution in [0.15, 0.2) is 36.4 Å². The summed E-state index contributed by atoms with van der Waals surface area (Å²) in [6.07, 6.45) is 0.159. The van der Waals surface area contributed by atoms with Crippen molar-refractivity contribution in [3.8, 4) is 5.75 Å². The number of hydrogen-bond donors (Lipinski definition) is 1. The molecule has 2 aromatic carbocycles. The Hall–Kier alpha value is -2.53. The molecule has 0 unspecified atom stereocenters. The molecule has 0 aliphatic carbocycles. The van der Waals surface area contributed by atoms with Crippen LogP contribution in [0.1, 0.15) is 27.9 Å². The van der Waals surface area contributed by atoms with Crippen LogP contribution in [0.25, 0.3) is 0 Å². The number of amides is 1. The molecule has 2 rings (SSSR count). The first-order valence-electron chi connectivity index (χ1n) is 7.78. The summed E-state index contributed by atoms with van der Waals surface area (Å²) < 4.78 is 10.3. The van der Waals surface area contributed by atoms with Crippen molar-refractivity contribution >= 4 is 29.2 Å². The third-order valence-electron chi connectivity index (χ3n) is 3.58. The maximum absolute atomic E-state index is 12.1. The monoisotopic (exact) mass is 361 g/mol. The van der Waals surface area contributed by atoms with E-state index in [2.05, 4.69) is 10.1 Å². The SMILES string of the molecule is COC(=O)c1ccc(Cl)c(NC(=O)CCOc2ccc(C)cc2C)c1. The second-order valence-corrected chi connectivity index (χ2v) is 6.01. The van der Waals surface area contributed by atoms with Gasteiger partial charge in [-0.2, -0.15) is 0 Å². The van der Waals surface area contributed by atoms with Crippen LogP contribution in [0.3, 0.4) is 0 Å². The summed E-state index contributed by atoms with van der Waals surface area (Å²) in [4.78, 5) is 23.6. The molecule has 0 saturated heterocycles. The number of benzene rings is 2. The first-order valence-corrected chi connectivity index (χ1v) is 8.16. The molecule has 25 heavy (non-hydrogen) atoms. The van der Waals surface area contributed by atoms with Crippen molar-refractivity contribution in [3.05, 3.63) is 58.1 Å². The van der Waals surface area contributed by atoms with E-state index >= 15 is 0 Å². The van der Waals surface area contributed by atoms with Crippen molar-refractivity contribution in [2.45, 2.75) is 20.3 Å². The maximum Gasteiger partial charge on any atom is 0.337 e. The summed E-state index contributed by atoms with van der Waals surface area (Å²) in [5.74, 6) is 0.00291. The zero-order valence-corrected chi connectivity index (χ0v) is 15.1. The van der Waals surface area contributed by atoms with Gasteiger partial charge in [-0.15, -0.1) is 0 Å². The molecule has 5 nitrogen and oxygen atoms in total. The fourth-order valence-electron chi connectivity index (χ4n) is 2.29. The minimum Gasteiger partial charge on any atom is -0.493 e. The number of methoxy groups -OCH3 is 1. The minimum absolute atomic E-state index is 0.159. The van der Waals surface area contributed by atoms with Crippen LogP contribution in [0, 0.1) is 13.8 Å². The van der Waals surface area contributed by atoms with E-state index in [1.807, 2.05) is 32.0 Å². The number of hydrogen-bond acceptors (Lipinski definition) is 4. The molecule has 0 spiro atoms. The predicted octanol–water partition coefficient (Wildman–Crippen LogP) is 4.15. The van der Waals surface area contributed by atoms with Crippen molar-refractivity contribution in [2.75, 3.05) is 19.0 Å². The van der Waals surface area contributed by atoms with Gasteiger partial charge < -0.3 is 14.8 Å². The molecule has 0 aliphatic rings. The van der Waals surface area contributed by atoms with Crippen molar-refractivity contribution in [3.63, 3.8) is 0 Å². The summed E-state index contributed by atoms with van der Waals surface area (Å²) in [6, 6.07) is 10.4. The Morgan fingerprint density at radius 2 is 1.88 bits per heavy atom. The lowest BCUT2D eigenvalue weighted by Crippen LogP contribution is -2.16. The molecule has 2 aromatic rings. The van der Waals surface area contributed by atoms with Crippen LogP contribution in [-0.4, -0.2) is 25.6 Å². The summed E-state index contributed by atoms with van der Waals surface area (Å²) in [5.41, 5.74) is 2.85. The number of esters is 1. The molecular weight excluding hydrogens is 342 g/mol. The number of carbonyl (C=O) groups excluding carboxylic acids is 2. The van der Waals surface area contributed by atoms with Gasteiger partial charge in [-0.25, -0.2) is 4.79 Å². The highest BCUT2D eigenvalue weighted by atomic mass is 35.5. The largest absolute Gasteiger partial charge is 0.493 e. The molecule has 0 radical (unpaired) electrons. The summed E-state index contributed by atoms with van der Waals surface area (Å²) >= 11 is 6.06. The lowest BCUT2D eigenvalue weighted by molar-refractivity contribution is -0.116. The van der Waals surface area contributed by atoms with Crippen molar-refractivity contribution in [1.29, 1.82) is 0 Å². The Morgan fingerprint density at radius 1 is 1.12 bits per heavy atom.